The molecule has 0 bridgehead atoms. The lowest BCUT2D eigenvalue weighted by Crippen LogP contribution is -2.35. The van der Waals surface area contributed by atoms with Gasteiger partial charge in [-0.25, -0.2) is 4.98 Å². The van der Waals surface area contributed by atoms with Gasteiger partial charge in [0.25, 0.3) is 0 Å². The molecule has 1 aliphatic heterocycles. The first-order valence-electron chi connectivity index (χ1n) is 6.93. The molecular weight excluding hydrogens is 256 g/mol. The molecule has 19 heavy (non-hydrogen) atoms. The molecule has 1 N–H and O–H groups in total. The van der Waals surface area contributed by atoms with Crippen molar-refractivity contribution in [2.45, 2.75) is 39.3 Å². The number of nitrogens with zero attached hydrogens (tertiary/aromatic N) is 3. The van der Waals surface area contributed by atoms with Gasteiger partial charge < -0.3 is 10.2 Å². The van der Waals surface area contributed by atoms with Crippen LogP contribution in [0.2, 0.25) is 0 Å². The maximum Gasteiger partial charge on any atom is 0.147 e. The van der Waals surface area contributed by atoms with Crippen molar-refractivity contribution in [2.24, 2.45) is 0 Å². The fourth-order valence-corrected chi connectivity index (χ4v) is 2.82. The Balaban J connectivity index is 1.93. The normalized spacial score (nSPS) is 17.3. The molecule has 1 aromatic heterocycles. The van der Waals surface area contributed by atoms with E-state index >= 15 is 0 Å². The maximum atomic E-state index is 4.56. The Morgan fingerprint density at radius 1 is 1.21 bits per heavy atom. The topological polar surface area (TPSA) is 41.1 Å². The van der Waals surface area contributed by atoms with E-state index in [0.717, 1.165) is 31.1 Å². The van der Waals surface area contributed by atoms with Crippen molar-refractivity contribution in [2.75, 3.05) is 29.5 Å². The zero-order valence-electron chi connectivity index (χ0n) is 12.1. The Kier molecular flexibility index (Phi) is 5.05. The summed E-state index contributed by atoms with van der Waals surface area (Å²) in [6.07, 6.45) is 5.04. The van der Waals surface area contributed by atoms with Crippen LogP contribution in [-0.4, -0.2) is 40.1 Å². The minimum Gasteiger partial charge on any atom is -0.354 e. The zero-order chi connectivity index (χ0) is 13.7. The highest BCUT2D eigenvalue weighted by Gasteiger charge is 2.12. The molecule has 2 heterocycles. The third-order valence-electron chi connectivity index (χ3n) is 3.04. The second-order valence-corrected chi connectivity index (χ2v) is 7.15. The van der Waals surface area contributed by atoms with Gasteiger partial charge in [-0.1, -0.05) is 0 Å². The molecule has 0 atom stereocenters. The van der Waals surface area contributed by atoms with E-state index in [1.54, 1.807) is 0 Å². The standard InChI is InChI=1S/C14H24N4S/c1-14(2,3)17-10-12-9-16-13(11-15-12)18-5-4-7-19-8-6-18/h9,11,17H,4-8,10H2,1-3H3. The van der Waals surface area contributed by atoms with Crippen LogP contribution in [0.25, 0.3) is 0 Å². The van der Waals surface area contributed by atoms with E-state index < -0.39 is 0 Å². The van der Waals surface area contributed by atoms with Gasteiger partial charge in [-0.05, 0) is 32.9 Å². The predicted octanol–water partition coefficient (Wildman–Crippen LogP) is 2.31. The fourth-order valence-electron chi connectivity index (χ4n) is 1.93. The molecule has 1 fully saturated rings. The van der Waals surface area contributed by atoms with Crippen molar-refractivity contribution in [1.29, 1.82) is 0 Å². The molecule has 0 spiro atoms. The average Bonchev–Trinajstić information content (AvgIpc) is 2.65. The summed E-state index contributed by atoms with van der Waals surface area (Å²) in [4.78, 5) is 11.4. The Bertz CT molecular complexity index is 377. The molecule has 0 aliphatic carbocycles. The van der Waals surface area contributed by atoms with Crippen LogP contribution in [0.3, 0.4) is 0 Å². The molecule has 4 nitrogen and oxygen atoms in total. The van der Waals surface area contributed by atoms with Crippen LogP contribution in [0.5, 0.6) is 0 Å². The number of hydrogen-bond donors (Lipinski definition) is 1. The van der Waals surface area contributed by atoms with E-state index in [9.17, 15) is 0 Å². The average molecular weight is 280 g/mol. The number of anilines is 1. The molecule has 0 aromatic carbocycles. The first-order chi connectivity index (χ1) is 9.04. The number of aromatic nitrogens is 2. The van der Waals surface area contributed by atoms with E-state index in [-0.39, 0.29) is 5.54 Å². The molecular formula is C14H24N4S. The summed E-state index contributed by atoms with van der Waals surface area (Å²) in [6, 6.07) is 0. The maximum absolute atomic E-state index is 4.56. The Labute approximate surface area is 120 Å². The number of hydrogen-bond acceptors (Lipinski definition) is 5. The molecule has 0 saturated carbocycles. The van der Waals surface area contributed by atoms with Crippen LogP contribution in [0.15, 0.2) is 12.4 Å². The summed E-state index contributed by atoms with van der Waals surface area (Å²) in [5.41, 5.74) is 1.12. The van der Waals surface area contributed by atoms with Crippen LogP contribution in [0, 0.1) is 0 Å². The van der Waals surface area contributed by atoms with Crippen LogP contribution in [0.1, 0.15) is 32.9 Å². The minimum absolute atomic E-state index is 0.113. The fraction of sp³-hybridized carbons (Fsp3) is 0.714. The molecule has 106 valence electrons. The van der Waals surface area contributed by atoms with Gasteiger partial charge in [0, 0.05) is 30.9 Å². The van der Waals surface area contributed by atoms with E-state index in [0.29, 0.717) is 0 Å². The minimum atomic E-state index is 0.113. The third kappa shape index (κ3) is 4.99. The smallest absolute Gasteiger partial charge is 0.147 e. The second-order valence-electron chi connectivity index (χ2n) is 5.92. The van der Waals surface area contributed by atoms with Crippen LogP contribution in [0.4, 0.5) is 5.82 Å². The molecule has 0 amide bonds. The van der Waals surface area contributed by atoms with E-state index in [4.69, 9.17) is 0 Å². The van der Waals surface area contributed by atoms with Crippen LogP contribution < -0.4 is 10.2 Å². The molecule has 1 aromatic rings. The van der Waals surface area contributed by atoms with Gasteiger partial charge in [-0.15, -0.1) is 0 Å². The first-order valence-corrected chi connectivity index (χ1v) is 8.09. The van der Waals surface area contributed by atoms with E-state index in [1.165, 1.54) is 17.9 Å². The first kappa shape index (κ1) is 14.6. The molecule has 1 saturated heterocycles. The summed E-state index contributed by atoms with van der Waals surface area (Å²) in [5, 5.41) is 3.43. The molecule has 0 radical (unpaired) electrons. The highest BCUT2D eigenvalue weighted by molar-refractivity contribution is 7.99. The van der Waals surface area contributed by atoms with Crippen LogP contribution in [-0.2, 0) is 6.54 Å². The molecule has 5 heteroatoms. The van der Waals surface area contributed by atoms with Crippen molar-refractivity contribution in [3.63, 3.8) is 0 Å². The monoisotopic (exact) mass is 280 g/mol. The van der Waals surface area contributed by atoms with Crippen molar-refractivity contribution >= 4 is 17.6 Å². The lowest BCUT2D eigenvalue weighted by atomic mass is 10.1. The van der Waals surface area contributed by atoms with Gasteiger partial charge in [0.05, 0.1) is 18.1 Å². The number of thioether (sulfide) groups is 1. The summed E-state index contributed by atoms with van der Waals surface area (Å²) in [7, 11) is 0. The Morgan fingerprint density at radius 3 is 2.74 bits per heavy atom. The van der Waals surface area contributed by atoms with Gasteiger partial charge in [0.2, 0.25) is 0 Å². The third-order valence-corrected chi connectivity index (χ3v) is 4.09. The van der Waals surface area contributed by atoms with Gasteiger partial charge in [-0.2, -0.15) is 11.8 Å². The lowest BCUT2D eigenvalue weighted by molar-refractivity contribution is 0.421. The van der Waals surface area contributed by atoms with E-state index in [1.807, 2.05) is 24.2 Å². The number of rotatable bonds is 3. The highest BCUT2D eigenvalue weighted by Crippen LogP contribution is 2.16. The van der Waals surface area contributed by atoms with E-state index in [2.05, 4.69) is 41.0 Å². The van der Waals surface area contributed by atoms with Gasteiger partial charge in [0.1, 0.15) is 5.82 Å². The Morgan fingerprint density at radius 2 is 2.05 bits per heavy atom. The van der Waals surface area contributed by atoms with Crippen molar-refractivity contribution < 1.29 is 0 Å². The van der Waals surface area contributed by atoms with Gasteiger partial charge in [0.15, 0.2) is 0 Å². The van der Waals surface area contributed by atoms with Crippen molar-refractivity contribution in [1.82, 2.24) is 15.3 Å². The summed E-state index contributed by atoms with van der Waals surface area (Å²) in [6.45, 7) is 9.42. The molecule has 2 rings (SSSR count). The van der Waals surface area contributed by atoms with Crippen molar-refractivity contribution in [3.05, 3.63) is 18.1 Å². The second kappa shape index (κ2) is 6.57. The largest absolute Gasteiger partial charge is 0.354 e. The Hall–Kier alpha value is -0.810. The number of nitrogens with one attached hydrogen (secondary N) is 1. The summed E-state index contributed by atoms with van der Waals surface area (Å²) < 4.78 is 0. The SMILES string of the molecule is CC(C)(C)NCc1cnc(N2CCCSCC2)cn1. The van der Waals surface area contributed by atoms with Gasteiger partial charge in [-0.3, -0.25) is 4.98 Å². The lowest BCUT2D eigenvalue weighted by Gasteiger charge is -2.22. The molecule has 0 unspecified atom stereocenters. The zero-order valence-corrected chi connectivity index (χ0v) is 13.0. The summed E-state index contributed by atoms with van der Waals surface area (Å²) >= 11 is 2.03. The van der Waals surface area contributed by atoms with Crippen molar-refractivity contribution in [3.8, 4) is 0 Å². The van der Waals surface area contributed by atoms with Gasteiger partial charge >= 0.3 is 0 Å². The highest BCUT2D eigenvalue weighted by atomic mass is 32.2. The van der Waals surface area contributed by atoms with Crippen LogP contribution >= 0.6 is 11.8 Å². The predicted molar refractivity (Wildman–Crippen MR) is 82.8 cm³/mol. The summed E-state index contributed by atoms with van der Waals surface area (Å²) in [5.74, 6) is 3.47. The molecule has 1 aliphatic rings. The quantitative estimate of drug-likeness (QED) is 0.920.